The molecule has 1 aliphatic heterocycles. The molecule has 180 valence electrons. The van der Waals surface area contributed by atoms with Crippen molar-refractivity contribution in [2.75, 3.05) is 52.6 Å². The largest absolute Gasteiger partial charge is 0.369 e. The molecule has 1 N–H and O–H groups in total. The molecule has 0 atom stereocenters. The smallest absolute Gasteiger partial charge is 0.253 e. The van der Waals surface area contributed by atoms with Gasteiger partial charge in [0.15, 0.2) is 0 Å². The van der Waals surface area contributed by atoms with Crippen LogP contribution in [-0.4, -0.2) is 83.9 Å². The molecular formula is C27H36N6O. The number of carbonyl (C=O) groups is 1. The molecule has 0 unspecified atom stereocenters. The fourth-order valence-corrected chi connectivity index (χ4v) is 4.56. The van der Waals surface area contributed by atoms with Crippen LogP contribution in [0, 0.1) is 0 Å². The summed E-state index contributed by atoms with van der Waals surface area (Å²) in [4.78, 5) is 29.0. The van der Waals surface area contributed by atoms with Gasteiger partial charge in [-0.1, -0.05) is 30.3 Å². The Morgan fingerprint density at radius 3 is 2.44 bits per heavy atom. The quantitative estimate of drug-likeness (QED) is 0.491. The number of hydrogen-bond donors (Lipinski definition) is 1. The third-order valence-electron chi connectivity index (χ3n) is 6.51. The van der Waals surface area contributed by atoms with Crippen molar-refractivity contribution < 1.29 is 4.79 Å². The van der Waals surface area contributed by atoms with E-state index in [-0.39, 0.29) is 5.91 Å². The molecule has 0 radical (unpaired) electrons. The highest BCUT2D eigenvalue weighted by Gasteiger charge is 2.26. The Bertz CT molecular complexity index is 1080. The summed E-state index contributed by atoms with van der Waals surface area (Å²) in [7, 11) is 6.33. The maximum absolute atomic E-state index is 12.8. The summed E-state index contributed by atoms with van der Waals surface area (Å²) in [5, 5.41) is 4.59. The average molecular weight is 461 g/mol. The number of nitrogens with one attached hydrogen (secondary N) is 1. The van der Waals surface area contributed by atoms with Gasteiger partial charge < -0.3 is 15.1 Å². The molecule has 2 heterocycles. The molecule has 1 fully saturated rings. The van der Waals surface area contributed by atoms with Gasteiger partial charge in [-0.05, 0) is 71.2 Å². The zero-order chi connectivity index (χ0) is 23.9. The summed E-state index contributed by atoms with van der Waals surface area (Å²) >= 11 is 0. The molecule has 7 heteroatoms. The average Bonchev–Trinajstić information content (AvgIpc) is 2.86. The first kappa shape index (κ1) is 24.1. The molecule has 1 amide bonds. The van der Waals surface area contributed by atoms with Gasteiger partial charge in [0, 0.05) is 36.6 Å². The van der Waals surface area contributed by atoms with Crippen molar-refractivity contribution in [1.82, 2.24) is 24.7 Å². The molecule has 1 saturated heterocycles. The molecule has 0 bridgehead atoms. The molecule has 0 saturated carbocycles. The number of aromatic nitrogens is 2. The van der Waals surface area contributed by atoms with Crippen molar-refractivity contribution in [3.8, 4) is 0 Å². The molecule has 3 aromatic rings. The van der Waals surface area contributed by atoms with Crippen LogP contribution in [-0.2, 0) is 6.54 Å². The maximum Gasteiger partial charge on any atom is 0.253 e. The van der Waals surface area contributed by atoms with Crippen LogP contribution in [0.5, 0.6) is 0 Å². The van der Waals surface area contributed by atoms with Crippen molar-refractivity contribution in [1.29, 1.82) is 0 Å². The Labute approximate surface area is 202 Å². The molecule has 34 heavy (non-hydrogen) atoms. The Morgan fingerprint density at radius 2 is 1.71 bits per heavy atom. The lowest BCUT2D eigenvalue weighted by atomic mass is 10.0. The van der Waals surface area contributed by atoms with Crippen LogP contribution >= 0.6 is 0 Å². The Kier molecular flexibility index (Phi) is 8.08. The van der Waals surface area contributed by atoms with Crippen molar-refractivity contribution in [3.05, 3.63) is 66.0 Å². The van der Waals surface area contributed by atoms with Gasteiger partial charge in [0.1, 0.15) is 11.6 Å². The van der Waals surface area contributed by atoms with E-state index in [2.05, 4.69) is 48.4 Å². The van der Waals surface area contributed by atoms with Crippen LogP contribution in [0.2, 0.25) is 0 Å². The number of fused-ring (bicyclic) bond motifs is 1. The van der Waals surface area contributed by atoms with E-state index in [0.29, 0.717) is 12.6 Å². The Hall–Kier alpha value is -3.03. The van der Waals surface area contributed by atoms with Crippen molar-refractivity contribution in [2.45, 2.75) is 31.8 Å². The minimum Gasteiger partial charge on any atom is -0.369 e. The van der Waals surface area contributed by atoms with E-state index in [4.69, 9.17) is 9.97 Å². The first-order valence-electron chi connectivity index (χ1n) is 12.2. The van der Waals surface area contributed by atoms with E-state index in [0.717, 1.165) is 73.6 Å². The topological polar surface area (TPSA) is 64.6 Å². The second kappa shape index (κ2) is 11.4. The second-order valence-electron chi connectivity index (χ2n) is 9.39. The Balaban J connectivity index is 1.38. The molecule has 4 rings (SSSR count). The summed E-state index contributed by atoms with van der Waals surface area (Å²) in [6.07, 6.45) is 2.97. The predicted molar refractivity (Wildman–Crippen MR) is 138 cm³/mol. The van der Waals surface area contributed by atoms with Crippen molar-refractivity contribution in [2.24, 2.45) is 0 Å². The van der Waals surface area contributed by atoms with Crippen LogP contribution in [0.1, 0.15) is 35.4 Å². The molecule has 2 aromatic carbocycles. The van der Waals surface area contributed by atoms with E-state index in [1.54, 1.807) is 0 Å². The lowest BCUT2D eigenvalue weighted by molar-refractivity contribution is 0.0637. The Morgan fingerprint density at radius 1 is 1.00 bits per heavy atom. The van der Waals surface area contributed by atoms with E-state index in [1.807, 2.05) is 47.4 Å². The fraction of sp³-hybridized carbons (Fsp3) is 0.444. The molecule has 7 nitrogen and oxygen atoms in total. The van der Waals surface area contributed by atoms with E-state index >= 15 is 0 Å². The summed E-state index contributed by atoms with van der Waals surface area (Å²) in [6, 6.07) is 18.2. The van der Waals surface area contributed by atoms with E-state index < -0.39 is 0 Å². The number of anilines is 1. The van der Waals surface area contributed by atoms with Crippen LogP contribution in [0.3, 0.4) is 0 Å². The third kappa shape index (κ3) is 6.10. The van der Waals surface area contributed by atoms with Gasteiger partial charge in [-0.3, -0.25) is 9.69 Å². The summed E-state index contributed by atoms with van der Waals surface area (Å²) in [5.41, 5.74) is 1.74. The summed E-state index contributed by atoms with van der Waals surface area (Å²) < 4.78 is 0. The van der Waals surface area contributed by atoms with Gasteiger partial charge in [0.05, 0.1) is 12.1 Å². The zero-order valence-corrected chi connectivity index (χ0v) is 20.6. The highest BCUT2D eigenvalue weighted by Crippen LogP contribution is 2.23. The number of piperidine rings is 1. The lowest BCUT2D eigenvalue weighted by Gasteiger charge is -2.36. The number of hydrogen-bond acceptors (Lipinski definition) is 6. The highest BCUT2D eigenvalue weighted by molar-refractivity contribution is 5.94. The van der Waals surface area contributed by atoms with E-state index in [1.165, 1.54) is 0 Å². The fourth-order valence-electron chi connectivity index (χ4n) is 4.56. The normalized spacial score (nSPS) is 14.8. The molecule has 1 aliphatic rings. The van der Waals surface area contributed by atoms with Crippen molar-refractivity contribution in [3.63, 3.8) is 0 Å². The number of benzene rings is 2. The number of amides is 1. The third-order valence-corrected chi connectivity index (χ3v) is 6.51. The van der Waals surface area contributed by atoms with E-state index in [9.17, 15) is 4.79 Å². The molecule has 0 spiro atoms. The lowest BCUT2D eigenvalue weighted by Crippen LogP contribution is -2.45. The van der Waals surface area contributed by atoms with Crippen LogP contribution in [0.15, 0.2) is 54.6 Å². The SMILES string of the molecule is CN(C)CCCNc1nc(CN(C)C2CCN(C(=O)c3ccccc3)CC2)nc2ccccc12. The number of rotatable bonds is 9. The van der Waals surface area contributed by atoms with Gasteiger partial charge in [0.25, 0.3) is 5.91 Å². The highest BCUT2D eigenvalue weighted by atomic mass is 16.2. The number of likely N-dealkylation sites (tertiary alicyclic amines) is 1. The first-order chi connectivity index (χ1) is 16.5. The predicted octanol–water partition coefficient (Wildman–Crippen LogP) is 3.73. The number of nitrogens with zero attached hydrogens (tertiary/aromatic N) is 5. The van der Waals surface area contributed by atoms with Gasteiger partial charge in [-0.15, -0.1) is 0 Å². The zero-order valence-electron chi connectivity index (χ0n) is 20.6. The minimum atomic E-state index is 0.129. The summed E-state index contributed by atoms with van der Waals surface area (Å²) in [6.45, 7) is 4.16. The van der Waals surface area contributed by atoms with Gasteiger partial charge in [0.2, 0.25) is 0 Å². The number of para-hydroxylation sites is 1. The molecule has 1 aromatic heterocycles. The maximum atomic E-state index is 12.8. The van der Waals surface area contributed by atoms with Crippen LogP contribution < -0.4 is 5.32 Å². The van der Waals surface area contributed by atoms with Crippen LogP contribution in [0.4, 0.5) is 5.82 Å². The molecule has 0 aliphatic carbocycles. The van der Waals surface area contributed by atoms with Gasteiger partial charge >= 0.3 is 0 Å². The van der Waals surface area contributed by atoms with Gasteiger partial charge in [-0.2, -0.15) is 0 Å². The number of carbonyl (C=O) groups excluding carboxylic acids is 1. The van der Waals surface area contributed by atoms with Crippen LogP contribution in [0.25, 0.3) is 10.9 Å². The minimum absolute atomic E-state index is 0.129. The summed E-state index contributed by atoms with van der Waals surface area (Å²) in [5.74, 6) is 1.87. The first-order valence-corrected chi connectivity index (χ1v) is 12.2. The van der Waals surface area contributed by atoms with Crippen molar-refractivity contribution >= 4 is 22.6 Å². The monoisotopic (exact) mass is 460 g/mol. The van der Waals surface area contributed by atoms with Gasteiger partial charge in [-0.25, -0.2) is 9.97 Å². The molecular weight excluding hydrogens is 424 g/mol. The second-order valence-corrected chi connectivity index (χ2v) is 9.39. The standard InChI is InChI=1S/C27H36N6O/c1-31(2)17-9-16-28-26-23-12-7-8-13-24(23)29-25(30-26)20-32(3)22-14-18-33(19-15-22)27(34)21-10-5-4-6-11-21/h4-8,10-13,22H,9,14-20H2,1-3H3,(H,28,29,30).